The van der Waals surface area contributed by atoms with Gasteiger partial charge in [-0.15, -0.1) is 10.2 Å². The van der Waals surface area contributed by atoms with Crippen molar-refractivity contribution in [3.05, 3.63) is 54.6 Å². The van der Waals surface area contributed by atoms with Gasteiger partial charge in [0.15, 0.2) is 11.0 Å². The number of thioether (sulfide) groups is 1. The number of aromatic nitrogens is 3. The van der Waals surface area contributed by atoms with E-state index in [1.807, 2.05) is 66.1 Å². The van der Waals surface area contributed by atoms with Crippen LogP contribution in [-0.4, -0.2) is 52.3 Å². The van der Waals surface area contributed by atoms with E-state index in [4.69, 9.17) is 9.47 Å². The molecular formula is C23H26N4O3S. The number of ether oxygens (including phenoxy) is 2. The van der Waals surface area contributed by atoms with Crippen LogP contribution in [0, 0.1) is 0 Å². The summed E-state index contributed by atoms with van der Waals surface area (Å²) in [6.07, 6.45) is 2.19. The summed E-state index contributed by atoms with van der Waals surface area (Å²) in [5.41, 5.74) is 1.87. The van der Waals surface area contributed by atoms with E-state index in [0.717, 1.165) is 42.3 Å². The van der Waals surface area contributed by atoms with Gasteiger partial charge in [0.2, 0.25) is 5.91 Å². The zero-order valence-electron chi connectivity index (χ0n) is 17.5. The van der Waals surface area contributed by atoms with Crippen molar-refractivity contribution in [3.63, 3.8) is 0 Å². The fourth-order valence-electron chi connectivity index (χ4n) is 3.44. The predicted octanol–water partition coefficient (Wildman–Crippen LogP) is 3.72. The van der Waals surface area contributed by atoms with Gasteiger partial charge in [-0.2, -0.15) is 0 Å². The average Bonchev–Trinajstić information content (AvgIpc) is 3.48. The third-order valence-corrected chi connectivity index (χ3v) is 5.88. The Bertz CT molecular complexity index is 986. The first kappa shape index (κ1) is 21.4. The van der Waals surface area contributed by atoms with Crippen LogP contribution in [0.3, 0.4) is 0 Å². The molecule has 1 aromatic heterocycles. The maximum absolute atomic E-state index is 12.4. The van der Waals surface area contributed by atoms with Crippen molar-refractivity contribution in [2.24, 2.45) is 0 Å². The van der Waals surface area contributed by atoms with E-state index < -0.39 is 0 Å². The highest BCUT2D eigenvalue weighted by Gasteiger charge is 2.19. The molecule has 162 valence electrons. The van der Waals surface area contributed by atoms with Crippen LogP contribution >= 0.6 is 11.8 Å². The Morgan fingerprint density at radius 3 is 2.71 bits per heavy atom. The van der Waals surface area contributed by atoms with Crippen molar-refractivity contribution in [3.8, 4) is 22.8 Å². The van der Waals surface area contributed by atoms with E-state index >= 15 is 0 Å². The molecule has 1 saturated heterocycles. The largest absolute Gasteiger partial charge is 0.494 e. The number of benzene rings is 2. The maximum atomic E-state index is 12.4. The minimum absolute atomic E-state index is 0.0389. The zero-order chi connectivity index (χ0) is 21.5. The Kier molecular flexibility index (Phi) is 7.22. The lowest BCUT2D eigenvalue weighted by molar-refractivity contribution is -0.119. The third-order valence-electron chi connectivity index (χ3n) is 4.95. The summed E-state index contributed by atoms with van der Waals surface area (Å²) < 4.78 is 13.1. The molecule has 3 aromatic rings. The SMILES string of the molecule is CCOc1ccc(-n2c(SCC(=O)NC[C@H]3CCCO3)nnc2-c2ccccc2)cc1. The number of carbonyl (C=O) groups is 1. The van der Waals surface area contributed by atoms with Crippen molar-refractivity contribution in [2.75, 3.05) is 25.5 Å². The quantitative estimate of drug-likeness (QED) is 0.513. The second-order valence-electron chi connectivity index (χ2n) is 7.16. The number of rotatable bonds is 9. The highest BCUT2D eigenvalue weighted by atomic mass is 32.2. The molecule has 4 rings (SSSR count). The Labute approximate surface area is 186 Å². The lowest BCUT2D eigenvalue weighted by Gasteiger charge is -2.12. The fraction of sp³-hybridized carbons (Fsp3) is 0.348. The number of amides is 1. The monoisotopic (exact) mass is 438 g/mol. The maximum Gasteiger partial charge on any atom is 0.230 e. The second kappa shape index (κ2) is 10.5. The van der Waals surface area contributed by atoms with Crippen LogP contribution in [0.1, 0.15) is 19.8 Å². The molecule has 2 heterocycles. The van der Waals surface area contributed by atoms with Gasteiger partial charge in [-0.1, -0.05) is 42.1 Å². The summed E-state index contributed by atoms with van der Waals surface area (Å²) in [6, 6.07) is 17.7. The molecule has 7 nitrogen and oxygen atoms in total. The van der Waals surface area contributed by atoms with Crippen LogP contribution in [-0.2, 0) is 9.53 Å². The van der Waals surface area contributed by atoms with E-state index in [1.54, 1.807) is 0 Å². The standard InChI is InChI=1S/C23H26N4O3S/c1-2-29-19-12-10-18(11-13-19)27-22(17-7-4-3-5-8-17)25-26-23(27)31-16-21(28)24-15-20-9-6-14-30-20/h3-5,7-8,10-13,20H,2,6,9,14-16H2,1H3,(H,24,28)/t20-/m1/s1. The zero-order valence-corrected chi connectivity index (χ0v) is 18.3. The molecule has 0 unspecified atom stereocenters. The van der Waals surface area contributed by atoms with Crippen LogP contribution in [0.2, 0.25) is 0 Å². The van der Waals surface area contributed by atoms with Gasteiger partial charge in [0.25, 0.3) is 0 Å². The Hall–Kier alpha value is -2.84. The molecule has 0 radical (unpaired) electrons. The van der Waals surface area contributed by atoms with Gasteiger partial charge in [-0.3, -0.25) is 9.36 Å². The Morgan fingerprint density at radius 2 is 2.00 bits per heavy atom. The first-order valence-electron chi connectivity index (χ1n) is 10.5. The fourth-order valence-corrected chi connectivity index (χ4v) is 4.22. The molecule has 1 atom stereocenters. The van der Waals surface area contributed by atoms with Crippen LogP contribution < -0.4 is 10.1 Å². The Balaban J connectivity index is 1.52. The summed E-state index contributed by atoms with van der Waals surface area (Å²) in [5, 5.41) is 12.4. The highest BCUT2D eigenvalue weighted by Crippen LogP contribution is 2.28. The lowest BCUT2D eigenvalue weighted by atomic mass is 10.2. The molecule has 1 aliphatic rings. The molecule has 0 spiro atoms. The average molecular weight is 439 g/mol. The van der Waals surface area contributed by atoms with Crippen molar-refractivity contribution in [1.82, 2.24) is 20.1 Å². The van der Waals surface area contributed by atoms with E-state index in [-0.39, 0.29) is 17.8 Å². The van der Waals surface area contributed by atoms with E-state index in [9.17, 15) is 4.79 Å². The molecule has 2 aromatic carbocycles. The van der Waals surface area contributed by atoms with Gasteiger partial charge in [0.1, 0.15) is 5.75 Å². The van der Waals surface area contributed by atoms with E-state index in [0.29, 0.717) is 18.3 Å². The minimum atomic E-state index is -0.0389. The number of nitrogens with zero attached hydrogens (tertiary/aromatic N) is 3. The highest BCUT2D eigenvalue weighted by molar-refractivity contribution is 7.99. The summed E-state index contributed by atoms with van der Waals surface area (Å²) >= 11 is 1.37. The van der Waals surface area contributed by atoms with Crippen molar-refractivity contribution < 1.29 is 14.3 Å². The normalized spacial score (nSPS) is 15.7. The third kappa shape index (κ3) is 5.45. The number of hydrogen-bond acceptors (Lipinski definition) is 6. The molecule has 1 N–H and O–H groups in total. The summed E-state index contributed by atoms with van der Waals surface area (Å²) in [4.78, 5) is 12.4. The van der Waals surface area contributed by atoms with Gasteiger partial charge >= 0.3 is 0 Å². The lowest BCUT2D eigenvalue weighted by Crippen LogP contribution is -2.32. The molecule has 1 aliphatic heterocycles. The number of hydrogen-bond donors (Lipinski definition) is 1. The molecule has 0 saturated carbocycles. The smallest absolute Gasteiger partial charge is 0.230 e. The van der Waals surface area contributed by atoms with Crippen LogP contribution in [0.4, 0.5) is 0 Å². The van der Waals surface area contributed by atoms with Gasteiger partial charge in [-0.25, -0.2) is 0 Å². The molecule has 0 bridgehead atoms. The van der Waals surface area contributed by atoms with Crippen LogP contribution in [0.15, 0.2) is 59.8 Å². The second-order valence-corrected chi connectivity index (χ2v) is 8.10. The van der Waals surface area contributed by atoms with Crippen LogP contribution in [0.5, 0.6) is 5.75 Å². The van der Waals surface area contributed by atoms with Gasteiger partial charge < -0.3 is 14.8 Å². The summed E-state index contributed by atoms with van der Waals surface area (Å²) in [7, 11) is 0. The molecule has 1 amide bonds. The molecule has 1 fully saturated rings. The van der Waals surface area contributed by atoms with E-state index in [1.165, 1.54) is 11.8 Å². The minimum Gasteiger partial charge on any atom is -0.494 e. The van der Waals surface area contributed by atoms with Crippen molar-refractivity contribution >= 4 is 17.7 Å². The van der Waals surface area contributed by atoms with Gasteiger partial charge in [0.05, 0.1) is 18.5 Å². The summed E-state index contributed by atoms with van der Waals surface area (Å²) in [5.74, 6) is 1.76. The molecule has 0 aliphatic carbocycles. The number of carbonyl (C=O) groups excluding carboxylic acids is 1. The van der Waals surface area contributed by atoms with Gasteiger partial charge in [-0.05, 0) is 44.0 Å². The van der Waals surface area contributed by atoms with Crippen LogP contribution in [0.25, 0.3) is 17.1 Å². The molecular weight excluding hydrogens is 412 g/mol. The first-order chi connectivity index (χ1) is 15.2. The number of nitrogens with one attached hydrogen (secondary N) is 1. The predicted molar refractivity (Wildman–Crippen MR) is 121 cm³/mol. The van der Waals surface area contributed by atoms with Crippen molar-refractivity contribution in [2.45, 2.75) is 31.0 Å². The molecule has 8 heteroatoms. The first-order valence-corrected chi connectivity index (χ1v) is 11.5. The summed E-state index contributed by atoms with van der Waals surface area (Å²) in [6.45, 7) is 3.91. The van der Waals surface area contributed by atoms with E-state index in [2.05, 4.69) is 15.5 Å². The Morgan fingerprint density at radius 1 is 1.19 bits per heavy atom. The molecule has 31 heavy (non-hydrogen) atoms. The van der Waals surface area contributed by atoms with Crippen molar-refractivity contribution in [1.29, 1.82) is 0 Å². The topological polar surface area (TPSA) is 78.3 Å². The van der Waals surface area contributed by atoms with Gasteiger partial charge in [0, 0.05) is 24.4 Å².